The van der Waals surface area contributed by atoms with E-state index in [0.29, 0.717) is 6.61 Å². The molecule has 0 bridgehead atoms. The van der Waals surface area contributed by atoms with Gasteiger partial charge in [0, 0.05) is 6.04 Å². The van der Waals surface area contributed by atoms with Crippen LogP contribution in [0.4, 0.5) is 0 Å². The van der Waals surface area contributed by atoms with E-state index in [4.69, 9.17) is 10.5 Å². The summed E-state index contributed by atoms with van der Waals surface area (Å²) in [6.45, 7) is 4.12. The lowest BCUT2D eigenvalue weighted by Crippen LogP contribution is -2.42. The van der Waals surface area contributed by atoms with Gasteiger partial charge in [-0.1, -0.05) is 0 Å². The molecule has 1 fully saturated rings. The van der Waals surface area contributed by atoms with E-state index >= 15 is 0 Å². The van der Waals surface area contributed by atoms with Crippen LogP contribution in [0.25, 0.3) is 0 Å². The van der Waals surface area contributed by atoms with E-state index in [1.165, 1.54) is 7.11 Å². The first-order valence-electron chi connectivity index (χ1n) is 3.96. The van der Waals surface area contributed by atoms with Gasteiger partial charge >= 0.3 is 5.97 Å². The Morgan fingerprint density at radius 3 is 2.58 bits per heavy atom. The highest BCUT2D eigenvalue weighted by Crippen LogP contribution is 2.31. The zero-order valence-electron chi connectivity index (χ0n) is 7.66. The van der Waals surface area contributed by atoms with Gasteiger partial charge in [-0.3, -0.25) is 4.79 Å². The lowest BCUT2D eigenvalue weighted by Gasteiger charge is -2.24. The molecule has 0 amide bonds. The number of nitrogens with two attached hydrogens (primary N) is 1. The zero-order valence-corrected chi connectivity index (χ0v) is 7.66. The topological polar surface area (TPSA) is 61.5 Å². The van der Waals surface area contributed by atoms with Crippen LogP contribution in [0.15, 0.2) is 0 Å². The van der Waals surface area contributed by atoms with Gasteiger partial charge < -0.3 is 15.2 Å². The summed E-state index contributed by atoms with van der Waals surface area (Å²) in [6, 6.07) is -0.243. The van der Waals surface area contributed by atoms with Crippen molar-refractivity contribution in [2.75, 3.05) is 13.7 Å². The van der Waals surface area contributed by atoms with E-state index in [-0.39, 0.29) is 17.9 Å². The highest BCUT2D eigenvalue weighted by molar-refractivity contribution is 5.75. The minimum atomic E-state index is -0.494. The van der Waals surface area contributed by atoms with Gasteiger partial charge in [0.1, 0.15) is 5.92 Å². The van der Waals surface area contributed by atoms with E-state index in [2.05, 4.69) is 4.74 Å². The summed E-state index contributed by atoms with van der Waals surface area (Å²) in [5.74, 6) is -0.632. The largest absolute Gasteiger partial charge is 0.469 e. The first-order valence-corrected chi connectivity index (χ1v) is 3.96. The Labute approximate surface area is 72.0 Å². The van der Waals surface area contributed by atoms with Crippen LogP contribution in [0.3, 0.4) is 0 Å². The molecule has 0 aliphatic carbocycles. The molecule has 0 saturated carbocycles. The number of esters is 1. The molecule has 1 rings (SSSR count). The van der Waals surface area contributed by atoms with Crippen LogP contribution >= 0.6 is 0 Å². The van der Waals surface area contributed by atoms with Gasteiger partial charge in [-0.15, -0.1) is 0 Å². The summed E-state index contributed by atoms with van der Waals surface area (Å²) < 4.78 is 10.0. The summed E-state index contributed by atoms with van der Waals surface area (Å²) in [6.07, 6.45) is 0. The minimum Gasteiger partial charge on any atom is -0.469 e. The van der Waals surface area contributed by atoms with Gasteiger partial charge in [-0.05, 0) is 13.8 Å². The fourth-order valence-electron chi connectivity index (χ4n) is 1.60. The molecule has 0 aromatic heterocycles. The van der Waals surface area contributed by atoms with Crippen molar-refractivity contribution in [3.8, 4) is 0 Å². The summed E-state index contributed by atoms with van der Waals surface area (Å²) in [4.78, 5) is 11.3. The third-order valence-corrected chi connectivity index (χ3v) is 2.28. The van der Waals surface area contributed by atoms with E-state index in [9.17, 15) is 4.79 Å². The van der Waals surface area contributed by atoms with Crippen molar-refractivity contribution in [3.05, 3.63) is 0 Å². The lowest BCUT2D eigenvalue weighted by atomic mass is 9.88. The molecule has 2 unspecified atom stereocenters. The van der Waals surface area contributed by atoms with Crippen molar-refractivity contribution >= 4 is 5.97 Å². The summed E-state index contributed by atoms with van der Waals surface area (Å²) in [7, 11) is 1.36. The molecule has 4 heteroatoms. The number of ether oxygens (including phenoxy) is 2. The maximum atomic E-state index is 11.3. The number of carbonyl (C=O) groups excluding carboxylic acids is 1. The molecular formula is C8H15NO3. The zero-order chi connectivity index (χ0) is 9.35. The fourth-order valence-corrected chi connectivity index (χ4v) is 1.60. The Hall–Kier alpha value is -0.610. The second kappa shape index (κ2) is 3.03. The smallest absolute Gasteiger partial charge is 0.313 e. The normalized spacial score (nSPS) is 33.3. The predicted octanol–water partition coefficient (Wildman–Crippen LogP) is -0.0883. The molecule has 2 N–H and O–H groups in total. The highest BCUT2D eigenvalue weighted by Gasteiger charge is 2.46. The van der Waals surface area contributed by atoms with E-state index in [1.807, 2.05) is 13.8 Å². The molecule has 1 heterocycles. The SMILES string of the molecule is COC(=O)C1C(N)COC1(C)C. The average Bonchev–Trinajstić information content (AvgIpc) is 2.25. The number of hydrogen-bond acceptors (Lipinski definition) is 4. The maximum Gasteiger partial charge on any atom is 0.313 e. The van der Waals surface area contributed by atoms with Crippen molar-refractivity contribution in [3.63, 3.8) is 0 Å². The van der Waals surface area contributed by atoms with Crippen LogP contribution < -0.4 is 5.73 Å². The Morgan fingerprint density at radius 1 is 1.67 bits per heavy atom. The molecule has 4 nitrogen and oxygen atoms in total. The second-order valence-corrected chi connectivity index (χ2v) is 3.58. The van der Waals surface area contributed by atoms with Crippen LogP contribution in [0.2, 0.25) is 0 Å². The summed E-state index contributed by atoms with van der Waals surface area (Å²) in [5, 5.41) is 0. The van der Waals surface area contributed by atoms with Gasteiger partial charge in [0.25, 0.3) is 0 Å². The van der Waals surface area contributed by atoms with Gasteiger partial charge in [-0.2, -0.15) is 0 Å². The van der Waals surface area contributed by atoms with E-state index in [0.717, 1.165) is 0 Å². The highest BCUT2D eigenvalue weighted by atomic mass is 16.5. The van der Waals surface area contributed by atoms with Gasteiger partial charge in [0.2, 0.25) is 0 Å². The number of methoxy groups -OCH3 is 1. The predicted molar refractivity (Wildman–Crippen MR) is 43.5 cm³/mol. The summed E-state index contributed by atoms with van der Waals surface area (Å²) >= 11 is 0. The van der Waals surface area contributed by atoms with Crippen molar-refractivity contribution in [1.82, 2.24) is 0 Å². The van der Waals surface area contributed by atoms with Crippen LogP contribution in [-0.2, 0) is 14.3 Å². The van der Waals surface area contributed by atoms with Crippen LogP contribution in [-0.4, -0.2) is 31.3 Å². The van der Waals surface area contributed by atoms with Gasteiger partial charge in [0.15, 0.2) is 0 Å². The molecular weight excluding hydrogens is 158 g/mol. The van der Waals surface area contributed by atoms with Gasteiger partial charge in [0.05, 0.1) is 19.3 Å². The Morgan fingerprint density at radius 2 is 2.25 bits per heavy atom. The lowest BCUT2D eigenvalue weighted by molar-refractivity contribution is -0.150. The van der Waals surface area contributed by atoms with Crippen LogP contribution in [0.1, 0.15) is 13.8 Å². The van der Waals surface area contributed by atoms with Gasteiger partial charge in [-0.25, -0.2) is 0 Å². The van der Waals surface area contributed by atoms with E-state index in [1.54, 1.807) is 0 Å². The van der Waals surface area contributed by atoms with Crippen molar-refractivity contribution in [1.29, 1.82) is 0 Å². The quantitative estimate of drug-likeness (QED) is 0.563. The molecule has 0 aromatic carbocycles. The Balaban J connectivity index is 2.78. The minimum absolute atomic E-state index is 0.243. The Kier molecular flexibility index (Phi) is 2.39. The van der Waals surface area contributed by atoms with Crippen LogP contribution in [0.5, 0.6) is 0 Å². The molecule has 1 aliphatic rings. The molecule has 0 spiro atoms. The van der Waals surface area contributed by atoms with Crippen molar-refractivity contribution in [2.24, 2.45) is 11.7 Å². The second-order valence-electron chi connectivity index (χ2n) is 3.58. The number of carbonyl (C=O) groups is 1. The molecule has 2 atom stereocenters. The molecule has 1 aliphatic heterocycles. The number of hydrogen-bond donors (Lipinski definition) is 1. The molecule has 1 saturated heterocycles. The molecule has 0 aromatic rings. The third kappa shape index (κ3) is 1.44. The molecule has 70 valence electrons. The Bertz CT molecular complexity index is 191. The third-order valence-electron chi connectivity index (χ3n) is 2.28. The summed E-state index contributed by atoms with van der Waals surface area (Å²) in [5.41, 5.74) is 5.21. The van der Waals surface area contributed by atoms with E-state index < -0.39 is 5.60 Å². The standard InChI is InChI=1S/C8H15NO3/c1-8(2)6(7(10)11-3)5(9)4-12-8/h5-6H,4,9H2,1-3H3. The number of rotatable bonds is 1. The monoisotopic (exact) mass is 173 g/mol. The van der Waals surface area contributed by atoms with Crippen molar-refractivity contribution < 1.29 is 14.3 Å². The fraction of sp³-hybridized carbons (Fsp3) is 0.875. The molecule has 12 heavy (non-hydrogen) atoms. The van der Waals surface area contributed by atoms with Crippen LogP contribution in [0, 0.1) is 5.92 Å². The first-order chi connectivity index (χ1) is 5.49. The average molecular weight is 173 g/mol. The maximum absolute atomic E-state index is 11.3. The molecule has 0 radical (unpaired) electrons. The first kappa shape index (κ1) is 9.48. The van der Waals surface area contributed by atoms with Crippen molar-refractivity contribution in [2.45, 2.75) is 25.5 Å².